The number of carbonyl (C=O) groups is 1. The summed E-state index contributed by atoms with van der Waals surface area (Å²) in [6.07, 6.45) is 5.99. The van der Waals surface area contributed by atoms with Crippen molar-refractivity contribution in [2.75, 3.05) is 5.32 Å². The molecule has 0 aliphatic carbocycles. The van der Waals surface area contributed by atoms with Gasteiger partial charge in [-0.3, -0.25) is 5.32 Å². The molecule has 3 rings (SSSR count). The summed E-state index contributed by atoms with van der Waals surface area (Å²) < 4.78 is 1.84. The zero-order valence-corrected chi connectivity index (χ0v) is 12.0. The zero-order valence-electron chi connectivity index (χ0n) is 11.2. The highest BCUT2D eigenvalue weighted by molar-refractivity contribution is 7.15. The quantitative estimate of drug-likeness (QED) is 0.896. The van der Waals surface area contributed by atoms with Gasteiger partial charge in [-0.15, -0.1) is 11.3 Å². The Morgan fingerprint density at radius 1 is 1.55 bits per heavy atom. The zero-order chi connectivity index (χ0) is 13.9. The van der Waals surface area contributed by atoms with E-state index in [2.05, 4.69) is 32.6 Å². The molecule has 0 saturated heterocycles. The van der Waals surface area contributed by atoms with Crippen molar-refractivity contribution in [3.8, 4) is 0 Å². The van der Waals surface area contributed by atoms with Crippen LogP contribution in [0.4, 0.5) is 9.93 Å². The van der Waals surface area contributed by atoms with E-state index in [1.165, 1.54) is 11.3 Å². The van der Waals surface area contributed by atoms with Gasteiger partial charge in [0.05, 0.1) is 12.6 Å². The van der Waals surface area contributed by atoms with Gasteiger partial charge in [-0.25, -0.2) is 19.4 Å². The minimum absolute atomic E-state index is 0.0785. The van der Waals surface area contributed by atoms with Crippen LogP contribution < -0.4 is 10.6 Å². The first-order chi connectivity index (χ1) is 9.74. The van der Waals surface area contributed by atoms with E-state index in [0.29, 0.717) is 11.7 Å². The normalized spacial score (nSPS) is 17.6. The molecule has 1 aliphatic heterocycles. The second-order valence-electron chi connectivity index (χ2n) is 4.68. The topological polar surface area (TPSA) is 84.7 Å². The molecule has 2 aromatic heterocycles. The van der Waals surface area contributed by atoms with Crippen molar-refractivity contribution in [2.24, 2.45) is 0 Å². The number of amides is 2. The summed E-state index contributed by atoms with van der Waals surface area (Å²) in [6.45, 7) is 2.73. The van der Waals surface area contributed by atoms with E-state index in [0.717, 1.165) is 30.0 Å². The van der Waals surface area contributed by atoms with Crippen molar-refractivity contribution in [2.45, 2.75) is 38.8 Å². The Balaban J connectivity index is 1.54. The first-order valence-electron chi connectivity index (χ1n) is 6.63. The number of aromatic nitrogens is 4. The Kier molecular flexibility index (Phi) is 3.64. The lowest BCUT2D eigenvalue weighted by Crippen LogP contribution is -2.43. The predicted octanol–water partition coefficient (Wildman–Crippen LogP) is 1.43. The Hall–Kier alpha value is -1.96. The van der Waals surface area contributed by atoms with Crippen LogP contribution in [0.2, 0.25) is 0 Å². The average molecular weight is 292 g/mol. The molecule has 0 unspecified atom stereocenters. The number of thiazole rings is 1. The van der Waals surface area contributed by atoms with Crippen LogP contribution in [0, 0.1) is 0 Å². The van der Waals surface area contributed by atoms with Crippen LogP contribution in [0.25, 0.3) is 0 Å². The summed E-state index contributed by atoms with van der Waals surface area (Å²) >= 11 is 1.50. The molecule has 2 amide bonds. The summed E-state index contributed by atoms with van der Waals surface area (Å²) in [5, 5.41) is 10.5. The molecule has 0 radical (unpaired) electrons. The van der Waals surface area contributed by atoms with Crippen molar-refractivity contribution in [3.05, 3.63) is 23.2 Å². The molecule has 20 heavy (non-hydrogen) atoms. The third-order valence-electron chi connectivity index (χ3n) is 3.26. The van der Waals surface area contributed by atoms with E-state index in [9.17, 15) is 4.79 Å². The van der Waals surface area contributed by atoms with Gasteiger partial charge in [-0.2, -0.15) is 5.10 Å². The smallest absolute Gasteiger partial charge is 0.321 e. The van der Waals surface area contributed by atoms with Gasteiger partial charge in [0, 0.05) is 17.5 Å². The first-order valence-corrected chi connectivity index (χ1v) is 7.45. The number of nitrogens with zero attached hydrogens (tertiary/aromatic N) is 4. The van der Waals surface area contributed by atoms with Crippen molar-refractivity contribution < 1.29 is 4.79 Å². The summed E-state index contributed by atoms with van der Waals surface area (Å²) in [5.74, 6) is 0.982. The van der Waals surface area contributed by atoms with Gasteiger partial charge in [-0.05, 0) is 12.8 Å². The molecule has 0 aromatic carbocycles. The number of hydrogen-bond acceptors (Lipinski definition) is 5. The van der Waals surface area contributed by atoms with E-state index in [1.54, 1.807) is 12.5 Å². The van der Waals surface area contributed by atoms with Gasteiger partial charge in [0.2, 0.25) is 0 Å². The lowest BCUT2D eigenvalue weighted by atomic mass is 10.1. The molecule has 0 saturated carbocycles. The minimum Gasteiger partial charge on any atom is -0.333 e. The number of rotatable bonds is 3. The molecule has 0 fully saturated rings. The van der Waals surface area contributed by atoms with E-state index < -0.39 is 0 Å². The van der Waals surface area contributed by atoms with E-state index in [4.69, 9.17) is 0 Å². The highest BCUT2D eigenvalue weighted by Gasteiger charge is 2.21. The molecule has 1 atom stereocenters. The predicted molar refractivity (Wildman–Crippen MR) is 75.8 cm³/mol. The van der Waals surface area contributed by atoms with Crippen LogP contribution in [-0.4, -0.2) is 31.8 Å². The summed E-state index contributed by atoms with van der Waals surface area (Å²) in [7, 11) is 0. The molecule has 1 aliphatic rings. The van der Waals surface area contributed by atoms with Crippen LogP contribution in [0.15, 0.2) is 12.5 Å². The highest BCUT2D eigenvalue weighted by Crippen LogP contribution is 2.18. The monoisotopic (exact) mass is 292 g/mol. The molecule has 106 valence electrons. The lowest BCUT2D eigenvalue weighted by molar-refractivity contribution is 0.243. The lowest BCUT2D eigenvalue weighted by Gasteiger charge is -2.23. The average Bonchev–Trinajstić information content (AvgIpc) is 3.06. The van der Waals surface area contributed by atoms with Crippen LogP contribution in [0.5, 0.6) is 0 Å². The van der Waals surface area contributed by atoms with Gasteiger partial charge in [0.25, 0.3) is 0 Å². The molecular formula is C12H16N6OS. The molecule has 0 spiro atoms. The Labute approximate surface area is 120 Å². The summed E-state index contributed by atoms with van der Waals surface area (Å²) in [6, 6.07) is -0.134. The number of carbonyl (C=O) groups excluding carboxylic acids is 1. The van der Waals surface area contributed by atoms with Crippen LogP contribution in [-0.2, 0) is 19.4 Å². The fourth-order valence-corrected chi connectivity index (χ4v) is 2.95. The Morgan fingerprint density at radius 2 is 2.45 bits per heavy atom. The van der Waals surface area contributed by atoms with Gasteiger partial charge < -0.3 is 5.32 Å². The molecular weight excluding hydrogens is 276 g/mol. The fraction of sp³-hybridized carbons (Fsp3) is 0.500. The summed E-state index contributed by atoms with van der Waals surface area (Å²) in [4.78, 5) is 21.4. The van der Waals surface area contributed by atoms with Gasteiger partial charge in [0.15, 0.2) is 5.13 Å². The molecule has 8 heteroatoms. The Morgan fingerprint density at radius 3 is 3.25 bits per heavy atom. The van der Waals surface area contributed by atoms with Crippen molar-refractivity contribution in [3.63, 3.8) is 0 Å². The fourth-order valence-electron chi connectivity index (χ4n) is 2.20. The number of fused-ring (bicyclic) bond motifs is 1. The molecule has 0 bridgehead atoms. The first kappa shape index (κ1) is 13.0. The van der Waals surface area contributed by atoms with Gasteiger partial charge in [0.1, 0.15) is 12.2 Å². The standard InChI is InChI=1S/C12H16N6OS/c1-2-9-5-13-12(20-9)17-11(19)16-8-3-4-10-14-7-15-18(10)6-8/h5,7-8H,2-4,6H2,1H3,(H2,13,16,17,19)/t8-/m0/s1. The van der Waals surface area contributed by atoms with Crippen molar-refractivity contribution >= 4 is 22.5 Å². The highest BCUT2D eigenvalue weighted by atomic mass is 32.1. The SMILES string of the molecule is CCc1cnc(NC(=O)N[C@H]2CCc3ncnn3C2)s1. The largest absolute Gasteiger partial charge is 0.333 e. The van der Waals surface area contributed by atoms with Crippen LogP contribution in [0.3, 0.4) is 0 Å². The molecule has 2 N–H and O–H groups in total. The second-order valence-corrected chi connectivity index (χ2v) is 5.79. The van der Waals surface area contributed by atoms with Gasteiger partial charge >= 0.3 is 6.03 Å². The van der Waals surface area contributed by atoms with E-state index >= 15 is 0 Å². The van der Waals surface area contributed by atoms with Gasteiger partial charge in [-0.1, -0.05) is 6.92 Å². The van der Waals surface area contributed by atoms with Crippen LogP contribution >= 0.6 is 11.3 Å². The maximum atomic E-state index is 11.9. The van der Waals surface area contributed by atoms with Crippen molar-refractivity contribution in [1.82, 2.24) is 25.1 Å². The van der Waals surface area contributed by atoms with Crippen molar-refractivity contribution in [1.29, 1.82) is 0 Å². The summed E-state index contributed by atoms with van der Waals surface area (Å²) in [5.41, 5.74) is 0. The molecule has 3 heterocycles. The maximum absolute atomic E-state index is 11.9. The number of urea groups is 1. The van der Waals surface area contributed by atoms with Crippen LogP contribution in [0.1, 0.15) is 24.0 Å². The van der Waals surface area contributed by atoms with E-state index in [1.807, 2.05) is 4.68 Å². The Bertz CT molecular complexity index is 607. The maximum Gasteiger partial charge on any atom is 0.321 e. The second kappa shape index (κ2) is 5.58. The number of nitrogens with one attached hydrogen (secondary N) is 2. The van der Waals surface area contributed by atoms with E-state index in [-0.39, 0.29) is 12.1 Å². The number of aryl methyl sites for hydroxylation is 2. The minimum atomic E-state index is -0.212. The molecule has 7 nitrogen and oxygen atoms in total. The third kappa shape index (κ3) is 2.79. The number of anilines is 1. The third-order valence-corrected chi connectivity index (χ3v) is 4.32. The molecule has 2 aromatic rings. The number of hydrogen-bond donors (Lipinski definition) is 2.